The quantitative estimate of drug-likeness (QED) is 0.757. The highest BCUT2D eigenvalue weighted by Crippen LogP contribution is 2.60. The molecule has 150 valence electrons. The lowest BCUT2D eigenvalue weighted by atomic mass is 9.49. The third-order valence-electron chi connectivity index (χ3n) is 7.65. The van der Waals surface area contributed by atoms with Crippen LogP contribution >= 0.6 is 11.8 Å². The highest BCUT2D eigenvalue weighted by atomic mass is 32.2. The predicted molar refractivity (Wildman–Crippen MR) is 112 cm³/mol. The second kappa shape index (κ2) is 7.08. The topological polar surface area (TPSA) is 49.4 Å². The van der Waals surface area contributed by atoms with Gasteiger partial charge in [0, 0.05) is 17.1 Å². The summed E-state index contributed by atoms with van der Waals surface area (Å²) in [6.07, 6.45) is 11.0. The van der Waals surface area contributed by atoms with Gasteiger partial charge in [0.15, 0.2) is 0 Å². The fourth-order valence-electron chi connectivity index (χ4n) is 6.89. The molecule has 1 N–H and O–H groups in total. The number of hydrogen-bond acceptors (Lipinski definition) is 3. The van der Waals surface area contributed by atoms with E-state index in [1.165, 1.54) is 19.3 Å². The monoisotopic (exact) mass is 398 g/mol. The van der Waals surface area contributed by atoms with Crippen molar-refractivity contribution in [3.8, 4) is 0 Å². The van der Waals surface area contributed by atoms with Gasteiger partial charge in [0.25, 0.3) is 0 Å². The van der Waals surface area contributed by atoms with Gasteiger partial charge in [0.1, 0.15) is 6.04 Å². The van der Waals surface area contributed by atoms with Crippen LogP contribution < -0.4 is 5.32 Å². The van der Waals surface area contributed by atoms with Gasteiger partial charge in [0.2, 0.25) is 11.8 Å². The van der Waals surface area contributed by atoms with Crippen LogP contribution in [-0.2, 0) is 9.59 Å². The van der Waals surface area contributed by atoms with E-state index in [9.17, 15) is 9.59 Å². The number of anilines is 1. The minimum atomic E-state index is -0.307. The van der Waals surface area contributed by atoms with E-state index in [1.54, 1.807) is 11.8 Å². The number of nitrogens with one attached hydrogen (secondary N) is 1. The first-order valence-corrected chi connectivity index (χ1v) is 12.0. The summed E-state index contributed by atoms with van der Waals surface area (Å²) in [5.74, 6) is 2.52. The van der Waals surface area contributed by atoms with Crippen molar-refractivity contribution in [2.45, 2.75) is 62.3 Å². The molecule has 1 aromatic carbocycles. The first kappa shape index (κ1) is 18.5. The van der Waals surface area contributed by atoms with E-state index in [0.29, 0.717) is 5.91 Å². The summed E-state index contributed by atoms with van der Waals surface area (Å²) in [6.45, 7) is 0.740. The number of carbonyl (C=O) groups excluding carboxylic acids is 2. The summed E-state index contributed by atoms with van der Waals surface area (Å²) in [5.41, 5.74) is 0.669. The molecule has 5 aliphatic rings. The maximum Gasteiger partial charge on any atom is 0.247 e. The van der Waals surface area contributed by atoms with Crippen molar-refractivity contribution >= 4 is 29.3 Å². The summed E-state index contributed by atoms with van der Waals surface area (Å²) in [7, 11) is 0. The van der Waals surface area contributed by atoms with Crippen molar-refractivity contribution in [2.24, 2.45) is 23.2 Å². The Morgan fingerprint density at radius 2 is 1.79 bits per heavy atom. The smallest absolute Gasteiger partial charge is 0.247 e. The molecule has 5 heteroatoms. The van der Waals surface area contributed by atoms with Crippen molar-refractivity contribution in [1.29, 1.82) is 0 Å². The van der Waals surface area contributed by atoms with Crippen LogP contribution in [0.25, 0.3) is 0 Å². The minimum Gasteiger partial charge on any atom is -0.330 e. The van der Waals surface area contributed by atoms with E-state index >= 15 is 0 Å². The fourth-order valence-corrected chi connectivity index (χ4v) is 7.35. The first-order valence-electron chi connectivity index (χ1n) is 10.8. The summed E-state index contributed by atoms with van der Waals surface area (Å²) in [6, 6.07) is 7.63. The van der Waals surface area contributed by atoms with Crippen LogP contribution in [0.2, 0.25) is 0 Å². The van der Waals surface area contributed by atoms with Gasteiger partial charge < -0.3 is 10.2 Å². The predicted octanol–water partition coefficient (Wildman–Crippen LogP) is 4.55. The minimum absolute atomic E-state index is 0.0196. The summed E-state index contributed by atoms with van der Waals surface area (Å²) in [4.78, 5) is 29.8. The van der Waals surface area contributed by atoms with E-state index < -0.39 is 0 Å². The van der Waals surface area contributed by atoms with Crippen LogP contribution in [0.3, 0.4) is 0 Å². The van der Waals surface area contributed by atoms with Crippen LogP contribution in [0.4, 0.5) is 5.69 Å². The average Bonchev–Trinajstić information content (AvgIpc) is 3.16. The van der Waals surface area contributed by atoms with E-state index in [0.717, 1.165) is 67.0 Å². The van der Waals surface area contributed by atoms with Crippen LogP contribution in [-0.4, -0.2) is 35.6 Å². The second-order valence-electron chi connectivity index (χ2n) is 9.58. The van der Waals surface area contributed by atoms with E-state index in [4.69, 9.17) is 0 Å². The fraction of sp³-hybridized carbons (Fsp3) is 0.652. The van der Waals surface area contributed by atoms with E-state index in [1.807, 2.05) is 35.4 Å². The Bertz CT molecular complexity index is 757. The Balaban J connectivity index is 1.32. The highest BCUT2D eigenvalue weighted by Gasteiger charge is 2.56. The number of carbonyl (C=O) groups is 2. The molecule has 2 amide bonds. The molecule has 1 aliphatic heterocycles. The lowest BCUT2D eigenvalue weighted by Crippen LogP contribution is -2.56. The van der Waals surface area contributed by atoms with Crippen molar-refractivity contribution in [1.82, 2.24) is 4.90 Å². The number of hydrogen-bond donors (Lipinski definition) is 1. The maximum atomic E-state index is 13.7. The Kier molecular flexibility index (Phi) is 4.69. The Hall–Kier alpha value is -1.49. The number of thioether (sulfide) groups is 1. The standard InChI is InChI=1S/C23H30N2O2S/c1-28-19-5-2-4-18(11-19)24-21(26)20-6-3-7-25(20)22(27)23-12-15-8-16(13-23)10-17(9-15)14-23/h2,4-5,11,15-17,20H,3,6-10,12-14H2,1H3,(H,24,26). The molecule has 0 aromatic heterocycles. The molecule has 4 bridgehead atoms. The van der Waals surface area contributed by atoms with Crippen LogP contribution in [0, 0.1) is 23.2 Å². The third kappa shape index (κ3) is 3.16. The van der Waals surface area contributed by atoms with Crippen LogP contribution in [0.15, 0.2) is 29.2 Å². The molecule has 1 heterocycles. The van der Waals surface area contributed by atoms with Gasteiger partial charge in [0.05, 0.1) is 5.41 Å². The molecule has 1 unspecified atom stereocenters. The van der Waals surface area contributed by atoms with Gasteiger partial charge >= 0.3 is 0 Å². The van der Waals surface area contributed by atoms with Gasteiger partial charge in [-0.1, -0.05) is 6.07 Å². The van der Waals surface area contributed by atoms with Gasteiger partial charge in [-0.25, -0.2) is 0 Å². The van der Waals surface area contributed by atoms with E-state index in [-0.39, 0.29) is 17.4 Å². The third-order valence-corrected chi connectivity index (χ3v) is 8.37. The molecule has 4 aliphatic carbocycles. The molecule has 4 nitrogen and oxygen atoms in total. The average molecular weight is 399 g/mol. The molecular formula is C23H30N2O2S. The largest absolute Gasteiger partial charge is 0.330 e. The molecule has 6 rings (SSSR count). The lowest BCUT2D eigenvalue weighted by molar-refractivity contribution is -0.160. The molecule has 1 aromatic rings. The van der Waals surface area contributed by atoms with Gasteiger partial charge in [-0.15, -0.1) is 11.8 Å². The van der Waals surface area contributed by atoms with Crippen LogP contribution in [0.1, 0.15) is 51.4 Å². The van der Waals surface area contributed by atoms with Gasteiger partial charge in [-0.2, -0.15) is 0 Å². The normalized spacial score (nSPS) is 36.0. The number of likely N-dealkylation sites (tertiary alicyclic amines) is 1. The van der Waals surface area contributed by atoms with Crippen LogP contribution in [0.5, 0.6) is 0 Å². The number of rotatable bonds is 4. The molecule has 0 spiro atoms. The lowest BCUT2D eigenvalue weighted by Gasteiger charge is -2.56. The summed E-state index contributed by atoms with van der Waals surface area (Å²) >= 11 is 1.66. The maximum absolute atomic E-state index is 13.7. The highest BCUT2D eigenvalue weighted by molar-refractivity contribution is 7.98. The summed E-state index contributed by atoms with van der Waals surface area (Å²) < 4.78 is 0. The summed E-state index contributed by atoms with van der Waals surface area (Å²) in [5, 5.41) is 3.07. The second-order valence-corrected chi connectivity index (χ2v) is 10.5. The van der Waals surface area contributed by atoms with Crippen molar-refractivity contribution in [3.05, 3.63) is 24.3 Å². The van der Waals surface area contributed by atoms with Crippen molar-refractivity contribution in [3.63, 3.8) is 0 Å². The zero-order chi connectivity index (χ0) is 19.3. The number of benzene rings is 1. The zero-order valence-electron chi connectivity index (χ0n) is 16.7. The Morgan fingerprint density at radius 1 is 1.11 bits per heavy atom. The molecule has 1 atom stereocenters. The zero-order valence-corrected chi connectivity index (χ0v) is 17.5. The van der Waals surface area contributed by atoms with Gasteiger partial charge in [-0.05, 0) is 93.6 Å². The van der Waals surface area contributed by atoms with Gasteiger partial charge in [-0.3, -0.25) is 9.59 Å². The Labute approximate surface area is 171 Å². The molecular weight excluding hydrogens is 368 g/mol. The first-order chi connectivity index (χ1) is 13.6. The molecule has 28 heavy (non-hydrogen) atoms. The number of amides is 2. The Morgan fingerprint density at radius 3 is 2.43 bits per heavy atom. The molecule has 4 saturated carbocycles. The molecule has 1 saturated heterocycles. The molecule has 5 fully saturated rings. The van der Waals surface area contributed by atoms with Crippen molar-refractivity contribution in [2.75, 3.05) is 18.1 Å². The molecule has 0 radical (unpaired) electrons. The van der Waals surface area contributed by atoms with Crippen molar-refractivity contribution < 1.29 is 9.59 Å². The van der Waals surface area contributed by atoms with E-state index in [2.05, 4.69) is 5.32 Å². The SMILES string of the molecule is CSc1cccc(NC(=O)C2CCCN2C(=O)C23CC4CC(CC(C4)C2)C3)c1. The number of nitrogens with zero attached hydrogens (tertiary/aromatic N) is 1.